The molecule has 126 valence electrons. The van der Waals surface area contributed by atoms with Gasteiger partial charge < -0.3 is 4.74 Å². The zero-order valence-corrected chi connectivity index (χ0v) is 14.4. The third kappa shape index (κ3) is 1.44. The molecule has 0 aliphatic heterocycles. The van der Waals surface area contributed by atoms with Gasteiger partial charge in [0.1, 0.15) is 11.6 Å². The minimum absolute atomic E-state index is 0.0419. The van der Waals surface area contributed by atoms with E-state index in [0.29, 0.717) is 35.4 Å². The topological polar surface area (TPSA) is 43.4 Å². The molecule has 0 heterocycles. The molecule has 3 nitrogen and oxygen atoms in total. The fraction of sp³-hybridized carbons (Fsp3) is 0.900. The van der Waals surface area contributed by atoms with Crippen LogP contribution in [0.25, 0.3) is 0 Å². The molecule has 0 aromatic carbocycles. The van der Waals surface area contributed by atoms with E-state index >= 15 is 0 Å². The van der Waals surface area contributed by atoms with Crippen LogP contribution in [0.4, 0.5) is 0 Å². The van der Waals surface area contributed by atoms with Crippen molar-refractivity contribution in [2.75, 3.05) is 7.11 Å². The van der Waals surface area contributed by atoms with E-state index in [-0.39, 0.29) is 16.2 Å². The number of ketones is 2. The molecule has 0 radical (unpaired) electrons. The van der Waals surface area contributed by atoms with Crippen LogP contribution in [-0.4, -0.2) is 24.8 Å². The van der Waals surface area contributed by atoms with Crippen LogP contribution in [-0.2, 0) is 14.3 Å². The zero-order valence-electron chi connectivity index (χ0n) is 14.4. The predicted molar refractivity (Wildman–Crippen MR) is 85.8 cm³/mol. The van der Waals surface area contributed by atoms with Gasteiger partial charge in [0.25, 0.3) is 0 Å². The van der Waals surface area contributed by atoms with Crippen LogP contribution in [0.5, 0.6) is 0 Å². The Morgan fingerprint density at radius 3 is 2.61 bits per heavy atom. The molecule has 0 aromatic rings. The second kappa shape index (κ2) is 4.28. The molecule has 0 aromatic heterocycles. The number of fused-ring (bicyclic) bond motifs is 3. The Bertz CT molecular complexity index is 598. The average molecular weight is 316 g/mol. The largest absolute Gasteiger partial charge is 0.380 e. The van der Waals surface area contributed by atoms with Gasteiger partial charge in [-0.25, -0.2) is 0 Å². The summed E-state index contributed by atoms with van der Waals surface area (Å²) in [5, 5.41) is 0. The first-order valence-electron chi connectivity index (χ1n) is 9.57. The molecular formula is C20H28O3. The van der Waals surface area contributed by atoms with Crippen molar-refractivity contribution in [3.63, 3.8) is 0 Å². The highest BCUT2D eigenvalue weighted by molar-refractivity contribution is 5.87. The Balaban J connectivity index is 1.54. The van der Waals surface area contributed by atoms with E-state index in [2.05, 4.69) is 6.92 Å². The predicted octanol–water partition coefficient (Wildman–Crippen LogP) is 3.55. The van der Waals surface area contributed by atoms with E-state index in [1.54, 1.807) is 0 Å². The number of rotatable bonds is 1. The minimum atomic E-state index is -0.0419. The van der Waals surface area contributed by atoms with Gasteiger partial charge in [-0.1, -0.05) is 6.92 Å². The van der Waals surface area contributed by atoms with Crippen LogP contribution in [0.3, 0.4) is 0 Å². The van der Waals surface area contributed by atoms with Crippen molar-refractivity contribution >= 4 is 11.6 Å². The van der Waals surface area contributed by atoms with Gasteiger partial charge in [-0.3, -0.25) is 9.59 Å². The summed E-state index contributed by atoms with van der Waals surface area (Å²) in [6.45, 7) is 2.24. The minimum Gasteiger partial charge on any atom is -0.380 e. The van der Waals surface area contributed by atoms with Crippen molar-refractivity contribution in [1.82, 2.24) is 0 Å². The van der Waals surface area contributed by atoms with Gasteiger partial charge in [0, 0.05) is 42.6 Å². The molecule has 5 aliphatic carbocycles. The molecule has 5 fully saturated rings. The Labute approximate surface area is 138 Å². The number of carbonyl (C=O) groups is 2. The molecular weight excluding hydrogens is 288 g/mol. The molecule has 5 rings (SSSR count). The molecule has 5 saturated carbocycles. The maximum absolute atomic E-state index is 12.5. The lowest BCUT2D eigenvalue weighted by Crippen LogP contribution is -2.49. The van der Waals surface area contributed by atoms with Crippen molar-refractivity contribution < 1.29 is 14.3 Å². The van der Waals surface area contributed by atoms with Gasteiger partial charge in [-0.15, -0.1) is 0 Å². The van der Waals surface area contributed by atoms with Crippen molar-refractivity contribution in [2.45, 2.75) is 70.8 Å². The van der Waals surface area contributed by atoms with E-state index in [9.17, 15) is 9.59 Å². The standard InChI is InChI=1S/C20H28O3/c1-18-8-7-15-13(14(18)3-4-16(18)22)6-9-19-11-12(21)5-10-20(15,19)17(19)23-2/h13-15,17H,3-11H2,1-2H3/t13-,14-,15-,17?,18-,19+,20+/m0/s1. The maximum Gasteiger partial charge on any atom is 0.139 e. The summed E-state index contributed by atoms with van der Waals surface area (Å²) < 4.78 is 5.97. The van der Waals surface area contributed by atoms with E-state index < -0.39 is 0 Å². The highest BCUT2D eigenvalue weighted by Crippen LogP contribution is 2.82. The van der Waals surface area contributed by atoms with Crippen molar-refractivity contribution in [1.29, 1.82) is 0 Å². The summed E-state index contributed by atoms with van der Waals surface area (Å²) in [4.78, 5) is 24.6. The van der Waals surface area contributed by atoms with Gasteiger partial charge in [0.2, 0.25) is 0 Å². The van der Waals surface area contributed by atoms with Gasteiger partial charge in [-0.05, 0) is 56.3 Å². The van der Waals surface area contributed by atoms with Crippen molar-refractivity contribution in [3.8, 4) is 0 Å². The first-order valence-corrected chi connectivity index (χ1v) is 9.57. The molecule has 0 N–H and O–H groups in total. The van der Waals surface area contributed by atoms with Crippen LogP contribution in [0.1, 0.15) is 64.7 Å². The summed E-state index contributed by atoms with van der Waals surface area (Å²) in [6.07, 6.45) is 9.39. The highest BCUT2D eigenvalue weighted by Gasteiger charge is 2.83. The smallest absolute Gasteiger partial charge is 0.139 e. The van der Waals surface area contributed by atoms with E-state index in [0.717, 1.165) is 44.9 Å². The molecule has 0 saturated heterocycles. The van der Waals surface area contributed by atoms with Gasteiger partial charge >= 0.3 is 0 Å². The second-order valence-electron chi connectivity index (χ2n) is 9.36. The number of ether oxygens (including phenoxy) is 1. The number of carbonyl (C=O) groups excluding carboxylic acids is 2. The number of methoxy groups -OCH3 is 1. The number of hydrogen-bond donors (Lipinski definition) is 0. The second-order valence-corrected chi connectivity index (χ2v) is 9.36. The molecule has 0 amide bonds. The number of hydrogen-bond acceptors (Lipinski definition) is 3. The zero-order chi connectivity index (χ0) is 16.0. The summed E-state index contributed by atoms with van der Waals surface area (Å²) >= 11 is 0. The lowest BCUT2D eigenvalue weighted by molar-refractivity contribution is -0.134. The molecule has 3 heteroatoms. The van der Waals surface area contributed by atoms with E-state index in [4.69, 9.17) is 4.74 Å². The summed E-state index contributed by atoms with van der Waals surface area (Å²) in [5.74, 6) is 2.96. The summed E-state index contributed by atoms with van der Waals surface area (Å²) in [7, 11) is 1.85. The normalized spacial score (nSPS) is 57.3. The molecule has 0 spiro atoms. The van der Waals surface area contributed by atoms with Crippen LogP contribution in [0.2, 0.25) is 0 Å². The number of Topliss-reactive ketones (excluding diaryl/α,β-unsaturated/α-hetero) is 2. The fourth-order valence-corrected chi connectivity index (χ4v) is 8.24. The van der Waals surface area contributed by atoms with Crippen molar-refractivity contribution in [2.24, 2.45) is 34.0 Å². The lowest BCUT2D eigenvalue weighted by Gasteiger charge is -2.53. The lowest BCUT2D eigenvalue weighted by atomic mass is 9.50. The van der Waals surface area contributed by atoms with E-state index in [1.165, 1.54) is 12.8 Å². The fourth-order valence-electron chi connectivity index (χ4n) is 8.24. The monoisotopic (exact) mass is 316 g/mol. The third-order valence-corrected chi connectivity index (χ3v) is 9.11. The summed E-state index contributed by atoms with van der Waals surface area (Å²) in [6, 6.07) is 0. The van der Waals surface area contributed by atoms with Gasteiger partial charge in [0.05, 0.1) is 6.10 Å². The van der Waals surface area contributed by atoms with Crippen LogP contribution < -0.4 is 0 Å². The van der Waals surface area contributed by atoms with Gasteiger partial charge in [0.15, 0.2) is 0 Å². The first-order chi connectivity index (χ1) is 11.0. The Morgan fingerprint density at radius 2 is 1.83 bits per heavy atom. The molecule has 7 atom stereocenters. The SMILES string of the molecule is COC1[C@]23CC[C@@H]4[C@H](CC[C@]5(C)C(=O)CC[C@@H]45)[C@]12CCC(=O)C3. The quantitative estimate of drug-likeness (QED) is 0.743. The third-order valence-electron chi connectivity index (χ3n) is 9.11. The summed E-state index contributed by atoms with van der Waals surface area (Å²) in [5.41, 5.74) is 0.389. The molecule has 0 bridgehead atoms. The van der Waals surface area contributed by atoms with Crippen LogP contribution >= 0.6 is 0 Å². The van der Waals surface area contributed by atoms with Gasteiger partial charge in [-0.2, -0.15) is 0 Å². The first kappa shape index (κ1) is 14.6. The molecule has 1 unspecified atom stereocenters. The molecule has 5 aliphatic rings. The van der Waals surface area contributed by atoms with Crippen LogP contribution in [0, 0.1) is 34.0 Å². The van der Waals surface area contributed by atoms with Crippen molar-refractivity contribution in [3.05, 3.63) is 0 Å². The Morgan fingerprint density at radius 1 is 1.00 bits per heavy atom. The molecule has 23 heavy (non-hydrogen) atoms. The Hall–Kier alpha value is -0.700. The average Bonchev–Trinajstić information content (AvgIpc) is 3.02. The van der Waals surface area contributed by atoms with E-state index in [1.807, 2.05) is 7.11 Å². The van der Waals surface area contributed by atoms with Crippen LogP contribution in [0.15, 0.2) is 0 Å². The highest BCUT2D eigenvalue weighted by atomic mass is 16.5. The maximum atomic E-state index is 12.5. The Kier molecular flexibility index (Phi) is 2.72.